The summed E-state index contributed by atoms with van der Waals surface area (Å²) in [5.41, 5.74) is 2.05. The van der Waals surface area contributed by atoms with E-state index in [0.29, 0.717) is 17.5 Å². The summed E-state index contributed by atoms with van der Waals surface area (Å²) >= 11 is 1.27. The van der Waals surface area contributed by atoms with E-state index in [9.17, 15) is 4.79 Å². The van der Waals surface area contributed by atoms with Crippen LogP contribution >= 0.6 is 11.8 Å². The number of carbonyl (C=O) groups excluding carboxylic acids is 1. The van der Waals surface area contributed by atoms with E-state index < -0.39 is 0 Å². The predicted molar refractivity (Wildman–Crippen MR) is 88.9 cm³/mol. The lowest BCUT2D eigenvalue weighted by molar-refractivity contribution is -0.120. The number of carbonyl (C=O) groups is 1. The minimum absolute atomic E-state index is 0.0928. The molecule has 0 bridgehead atoms. The van der Waals surface area contributed by atoms with Crippen molar-refractivity contribution in [3.8, 4) is 11.4 Å². The smallest absolute Gasteiger partial charge is 0.233 e. The SMILES string of the molecule is C=CCNC(=O)C(C)Sc1nnc(-c2ccc(C)cc2)n1N. The monoisotopic (exact) mass is 317 g/mol. The number of benzene rings is 1. The van der Waals surface area contributed by atoms with Crippen molar-refractivity contribution in [2.24, 2.45) is 0 Å². The molecule has 116 valence electrons. The van der Waals surface area contributed by atoms with Gasteiger partial charge in [0.1, 0.15) is 0 Å². The van der Waals surface area contributed by atoms with Crippen LogP contribution in [0.4, 0.5) is 0 Å². The Morgan fingerprint density at radius 3 is 2.77 bits per heavy atom. The van der Waals surface area contributed by atoms with Crippen LogP contribution in [-0.4, -0.2) is 32.6 Å². The van der Waals surface area contributed by atoms with Crippen LogP contribution in [0.5, 0.6) is 0 Å². The Bertz CT molecular complexity index is 665. The second-order valence-corrected chi connectivity index (χ2v) is 6.14. The number of aryl methyl sites for hydroxylation is 1. The molecule has 1 aromatic heterocycles. The van der Waals surface area contributed by atoms with Gasteiger partial charge in [-0.15, -0.1) is 16.8 Å². The average Bonchev–Trinajstić information content (AvgIpc) is 2.86. The fourth-order valence-corrected chi connectivity index (χ4v) is 2.58. The second kappa shape index (κ2) is 7.13. The van der Waals surface area contributed by atoms with E-state index in [-0.39, 0.29) is 11.2 Å². The van der Waals surface area contributed by atoms with Gasteiger partial charge in [-0.1, -0.05) is 47.7 Å². The van der Waals surface area contributed by atoms with Gasteiger partial charge in [0, 0.05) is 12.1 Å². The van der Waals surface area contributed by atoms with E-state index in [2.05, 4.69) is 22.1 Å². The largest absolute Gasteiger partial charge is 0.352 e. The number of thioether (sulfide) groups is 1. The van der Waals surface area contributed by atoms with Gasteiger partial charge in [-0.3, -0.25) is 4.79 Å². The Labute approximate surface area is 133 Å². The van der Waals surface area contributed by atoms with Crippen molar-refractivity contribution in [3.63, 3.8) is 0 Å². The number of hydrogen-bond acceptors (Lipinski definition) is 5. The van der Waals surface area contributed by atoms with Crippen LogP contribution in [0.3, 0.4) is 0 Å². The zero-order valence-electron chi connectivity index (χ0n) is 12.6. The molecule has 0 saturated heterocycles. The van der Waals surface area contributed by atoms with E-state index in [4.69, 9.17) is 5.84 Å². The molecular formula is C15H19N5OS. The molecule has 0 aliphatic rings. The Kier molecular flexibility index (Phi) is 5.21. The van der Waals surface area contributed by atoms with E-state index >= 15 is 0 Å². The third-order valence-electron chi connectivity index (χ3n) is 3.05. The molecule has 2 aromatic rings. The summed E-state index contributed by atoms with van der Waals surface area (Å²) in [5.74, 6) is 6.52. The summed E-state index contributed by atoms with van der Waals surface area (Å²) in [5, 5.41) is 11.1. The van der Waals surface area contributed by atoms with Gasteiger partial charge in [-0.25, -0.2) is 4.68 Å². The molecule has 7 heteroatoms. The minimum atomic E-state index is -0.322. The molecule has 1 amide bonds. The highest BCUT2D eigenvalue weighted by Gasteiger charge is 2.19. The van der Waals surface area contributed by atoms with Crippen LogP contribution in [0, 0.1) is 6.92 Å². The van der Waals surface area contributed by atoms with Crippen molar-refractivity contribution < 1.29 is 4.79 Å². The lowest BCUT2D eigenvalue weighted by Crippen LogP contribution is -2.31. The first-order chi connectivity index (χ1) is 10.5. The molecule has 0 radical (unpaired) electrons. The van der Waals surface area contributed by atoms with Gasteiger partial charge in [-0.2, -0.15) is 0 Å². The van der Waals surface area contributed by atoms with E-state index in [0.717, 1.165) is 11.1 Å². The molecule has 22 heavy (non-hydrogen) atoms. The van der Waals surface area contributed by atoms with Crippen molar-refractivity contribution in [1.29, 1.82) is 0 Å². The number of amides is 1. The molecule has 1 unspecified atom stereocenters. The second-order valence-electron chi connectivity index (χ2n) is 4.84. The molecule has 1 atom stereocenters. The molecule has 0 aliphatic carbocycles. The maximum atomic E-state index is 11.9. The van der Waals surface area contributed by atoms with Crippen LogP contribution < -0.4 is 11.2 Å². The van der Waals surface area contributed by atoms with E-state index in [1.54, 1.807) is 13.0 Å². The third-order valence-corrected chi connectivity index (χ3v) is 4.10. The van der Waals surface area contributed by atoms with Crippen LogP contribution in [0.25, 0.3) is 11.4 Å². The van der Waals surface area contributed by atoms with Gasteiger partial charge in [0.25, 0.3) is 0 Å². The number of aromatic nitrogens is 3. The lowest BCUT2D eigenvalue weighted by atomic mass is 10.1. The molecule has 0 fully saturated rings. The van der Waals surface area contributed by atoms with Gasteiger partial charge in [0.15, 0.2) is 5.82 Å². The van der Waals surface area contributed by atoms with Crippen molar-refractivity contribution in [2.75, 3.05) is 12.4 Å². The quantitative estimate of drug-likeness (QED) is 0.481. The van der Waals surface area contributed by atoms with E-state index in [1.165, 1.54) is 16.4 Å². The predicted octanol–water partition coefficient (Wildman–Crippen LogP) is 1.75. The third kappa shape index (κ3) is 3.67. The Morgan fingerprint density at radius 1 is 1.45 bits per heavy atom. The zero-order chi connectivity index (χ0) is 16.1. The molecule has 2 rings (SSSR count). The van der Waals surface area contributed by atoms with Crippen LogP contribution in [0.1, 0.15) is 12.5 Å². The zero-order valence-corrected chi connectivity index (χ0v) is 13.4. The normalized spacial score (nSPS) is 11.9. The minimum Gasteiger partial charge on any atom is -0.352 e. The Balaban J connectivity index is 2.12. The standard InChI is InChI=1S/C15H19N5OS/c1-4-9-17-14(21)11(3)22-15-19-18-13(20(15)16)12-7-5-10(2)6-8-12/h4-8,11H,1,9,16H2,2-3H3,(H,17,21). The summed E-state index contributed by atoms with van der Waals surface area (Å²) in [7, 11) is 0. The maximum absolute atomic E-state index is 11.9. The van der Waals surface area contributed by atoms with Crippen molar-refractivity contribution in [2.45, 2.75) is 24.3 Å². The highest BCUT2D eigenvalue weighted by molar-refractivity contribution is 8.00. The summed E-state index contributed by atoms with van der Waals surface area (Å²) in [4.78, 5) is 11.9. The number of nitrogens with two attached hydrogens (primary N) is 1. The van der Waals surface area contributed by atoms with E-state index in [1.807, 2.05) is 31.2 Å². The number of rotatable bonds is 6. The summed E-state index contributed by atoms with van der Waals surface area (Å²) in [6, 6.07) is 7.86. The summed E-state index contributed by atoms with van der Waals surface area (Å²) in [6.07, 6.45) is 1.64. The summed E-state index contributed by atoms with van der Waals surface area (Å²) < 4.78 is 1.41. The number of hydrogen-bond donors (Lipinski definition) is 2. The molecular weight excluding hydrogens is 298 g/mol. The number of nitrogen functional groups attached to an aromatic ring is 1. The van der Waals surface area contributed by atoms with Crippen LogP contribution in [-0.2, 0) is 4.79 Å². The van der Waals surface area contributed by atoms with Crippen molar-refractivity contribution >= 4 is 17.7 Å². The first-order valence-electron chi connectivity index (χ1n) is 6.85. The van der Waals surface area contributed by atoms with Gasteiger partial charge in [-0.05, 0) is 13.8 Å². The van der Waals surface area contributed by atoms with Crippen molar-refractivity contribution in [1.82, 2.24) is 20.2 Å². The molecule has 3 N–H and O–H groups in total. The van der Waals surface area contributed by atoms with Crippen molar-refractivity contribution in [3.05, 3.63) is 42.5 Å². The number of nitrogens with one attached hydrogen (secondary N) is 1. The van der Waals surface area contributed by atoms with Gasteiger partial charge < -0.3 is 11.2 Å². The summed E-state index contributed by atoms with van der Waals surface area (Å²) in [6.45, 7) is 7.81. The highest BCUT2D eigenvalue weighted by atomic mass is 32.2. The van der Waals surface area contributed by atoms with Gasteiger partial charge >= 0.3 is 0 Å². The topological polar surface area (TPSA) is 85.8 Å². The molecule has 1 aromatic carbocycles. The molecule has 1 heterocycles. The molecule has 0 aliphatic heterocycles. The average molecular weight is 317 g/mol. The molecule has 0 spiro atoms. The first-order valence-corrected chi connectivity index (χ1v) is 7.73. The maximum Gasteiger partial charge on any atom is 0.233 e. The van der Waals surface area contributed by atoms with Crippen LogP contribution in [0.15, 0.2) is 42.1 Å². The van der Waals surface area contributed by atoms with Gasteiger partial charge in [0.05, 0.1) is 5.25 Å². The lowest BCUT2D eigenvalue weighted by Gasteiger charge is -2.10. The van der Waals surface area contributed by atoms with Gasteiger partial charge in [0.2, 0.25) is 11.1 Å². The highest BCUT2D eigenvalue weighted by Crippen LogP contribution is 2.24. The fourth-order valence-electron chi connectivity index (χ4n) is 1.79. The fraction of sp³-hybridized carbons (Fsp3) is 0.267. The first kappa shape index (κ1) is 16.1. The molecule has 6 nitrogen and oxygen atoms in total. The Morgan fingerprint density at radius 2 is 2.14 bits per heavy atom. The Hall–Kier alpha value is -2.28. The number of nitrogens with zero attached hydrogens (tertiary/aromatic N) is 3. The molecule has 0 saturated carbocycles. The van der Waals surface area contributed by atoms with Crippen LogP contribution in [0.2, 0.25) is 0 Å².